The summed E-state index contributed by atoms with van der Waals surface area (Å²) < 4.78 is 26.5. The van der Waals surface area contributed by atoms with Crippen molar-refractivity contribution in [2.24, 2.45) is 0 Å². The zero-order chi connectivity index (χ0) is 15.7. The number of ether oxygens (including phenoxy) is 5. The average Bonchev–Trinajstić information content (AvgIpc) is 2.67. The van der Waals surface area contributed by atoms with Crippen LogP contribution in [0.4, 0.5) is 0 Å². The lowest BCUT2D eigenvalue weighted by molar-refractivity contribution is -0.250. The molecule has 0 amide bonds. The standard InChI is InChI=1S/C12H15BrO8/c1-4(14)17-7-8(18-5(2)15)10(19-6(3)16)12-20-9(7)11(13)21-12/h7-12H,1-3H3/t7-,8-,9-,10+,11+,12-/m0/s1. The van der Waals surface area contributed by atoms with Crippen LogP contribution in [0.1, 0.15) is 20.8 Å². The van der Waals surface area contributed by atoms with E-state index in [2.05, 4.69) is 15.9 Å². The summed E-state index contributed by atoms with van der Waals surface area (Å²) in [6.45, 7) is 3.63. The molecule has 0 N–H and O–H groups in total. The van der Waals surface area contributed by atoms with E-state index in [1.54, 1.807) is 0 Å². The third kappa shape index (κ3) is 3.53. The van der Waals surface area contributed by atoms with E-state index in [9.17, 15) is 14.4 Å². The predicted molar refractivity (Wildman–Crippen MR) is 69.1 cm³/mol. The molecule has 21 heavy (non-hydrogen) atoms. The van der Waals surface area contributed by atoms with E-state index < -0.39 is 53.6 Å². The first-order chi connectivity index (χ1) is 9.79. The minimum absolute atomic E-state index is 0.577. The van der Waals surface area contributed by atoms with E-state index in [-0.39, 0.29) is 0 Å². The van der Waals surface area contributed by atoms with Crippen LogP contribution in [-0.2, 0) is 38.1 Å². The lowest BCUT2D eigenvalue weighted by atomic mass is 10.00. The fourth-order valence-corrected chi connectivity index (χ4v) is 2.97. The fourth-order valence-electron chi connectivity index (χ4n) is 2.33. The molecule has 2 heterocycles. The van der Waals surface area contributed by atoms with Gasteiger partial charge < -0.3 is 23.7 Å². The summed E-state index contributed by atoms with van der Waals surface area (Å²) in [6.07, 6.45) is -4.54. The van der Waals surface area contributed by atoms with Gasteiger partial charge in [-0.05, 0) is 0 Å². The fraction of sp³-hybridized carbons (Fsp3) is 0.750. The molecule has 118 valence electrons. The normalized spacial score (nSPS) is 37.7. The van der Waals surface area contributed by atoms with Crippen molar-refractivity contribution >= 4 is 33.8 Å². The molecule has 0 aliphatic carbocycles. The molecule has 9 heteroatoms. The van der Waals surface area contributed by atoms with Gasteiger partial charge in [-0.3, -0.25) is 14.4 Å². The van der Waals surface area contributed by atoms with Gasteiger partial charge in [0.1, 0.15) is 11.1 Å². The van der Waals surface area contributed by atoms with Gasteiger partial charge in [0.25, 0.3) is 0 Å². The molecule has 0 aromatic heterocycles. The predicted octanol–water partition coefficient (Wildman–Crippen LogP) is 0.258. The number of esters is 3. The molecule has 2 bridgehead atoms. The lowest BCUT2D eigenvalue weighted by Crippen LogP contribution is -2.58. The number of carbonyl (C=O) groups excluding carboxylic acids is 3. The molecule has 0 unspecified atom stereocenters. The Morgan fingerprint density at radius 2 is 1.29 bits per heavy atom. The Bertz CT molecular complexity index is 453. The van der Waals surface area contributed by atoms with Crippen molar-refractivity contribution in [3.05, 3.63) is 0 Å². The number of hydrogen-bond donors (Lipinski definition) is 0. The van der Waals surface area contributed by atoms with Crippen molar-refractivity contribution in [2.45, 2.75) is 56.5 Å². The maximum Gasteiger partial charge on any atom is 0.303 e. The summed E-state index contributed by atoms with van der Waals surface area (Å²) in [5, 5.41) is -0.578. The molecule has 0 aromatic rings. The number of carbonyl (C=O) groups is 3. The second-order valence-corrected chi connectivity index (χ2v) is 5.58. The first-order valence-electron chi connectivity index (χ1n) is 6.26. The second kappa shape index (κ2) is 6.29. The summed E-state index contributed by atoms with van der Waals surface area (Å²) in [5.41, 5.74) is 0. The average molecular weight is 367 g/mol. The monoisotopic (exact) mass is 366 g/mol. The first kappa shape index (κ1) is 16.2. The molecule has 0 radical (unpaired) electrons. The minimum atomic E-state index is -1.02. The number of halogens is 1. The summed E-state index contributed by atoms with van der Waals surface area (Å²) in [5.74, 6) is -1.77. The van der Waals surface area contributed by atoms with Crippen LogP contribution in [0.5, 0.6) is 0 Å². The van der Waals surface area contributed by atoms with Crippen LogP contribution in [0, 0.1) is 0 Å². The Morgan fingerprint density at radius 1 is 0.810 bits per heavy atom. The van der Waals surface area contributed by atoms with Gasteiger partial charge in [0.2, 0.25) is 6.29 Å². The van der Waals surface area contributed by atoms with Crippen molar-refractivity contribution in [3.63, 3.8) is 0 Å². The molecule has 2 aliphatic heterocycles. The van der Waals surface area contributed by atoms with E-state index in [0.717, 1.165) is 0 Å². The topological polar surface area (TPSA) is 97.4 Å². The van der Waals surface area contributed by atoms with Crippen LogP contribution < -0.4 is 0 Å². The number of hydrogen-bond acceptors (Lipinski definition) is 8. The highest BCUT2D eigenvalue weighted by molar-refractivity contribution is 9.09. The molecule has 2 fully saturated rings. The molecule has 6 atom stereocenters. The maximum absolute atomic E-state index is 11.3. The summed E-state index contributed by atoms with van der Waals surface area (Å²) >= 11 is 3.24. The van der Waals surface area contributed by atoms with E-state index in [1.165, 1.54) is 20.8 Å². The largest absolute Gasteiger partial charge is 0.455 e. The van der Waals surface area contributed by atoms with Gasteiger partial charge in [0.15, 0.2) is 18.3 Å². The third-order valence-corrected chi connectivity index (χ3v) is 3.70. The Hall–Kier alpha value is -1.19. The second-order valence-electron chi connectivity index (χ2n) is 4.68. The van der Waals surface area contributed by atoms with Crippen LogP contribution in [-0.4, -0.2) is 53.6 Å². The first-order valence-corrected chi connectivity index (χ1v) is 7.18. The Morgan fingerprint density at radius 3 is 1.81 bits per heavy atom. The quantitative estimate of drug-likeness (QED) is 0.398. The van der Waals surface area contributed by atoms with E-state index in [4.69, 9.17) is 23.7 Å². The Labute approximate surface area is 129 Å². The molecular formula is C12H15BrO8. The van der Waals surface area contributed by atoms with Gasteiger partial charge in [0, 0.05) is 20.8 Å². The molecule has 8 nitrogen and oxygen atoms in total. The summed E-state index contributed by atoms with van der Waals surface area (Å²) in [4.78, 5) is 33.8. The molecule has 2 saturated heterocycles. The summed E-state index contributed by atoms with van der Waals surface area (Å²) in [6, 6.07) is 0. The van der Waals surface area contributed by atoms with E-state index in [1.807, 2.05) is 0 Å². The zero-order valence-electron chi connectivity index (χ0n) is 11.6. The highest BCUT2D eigenvalue weighted by atomic mass is 79.9. The van der Waals surface area contributed by atoms with Gasteiger partial charge in [-0.15, -0.1) is 0 Å². The van der Waals surface area contributed by atoms with Crippen LogP contribution in [0.3, 0.4) is 0 Å². The molecular weight excluding hydrogens is 352 g/mol. The van der Waals surface area contributed by atoms with Crippen LogP contribution >= 0.6 is 15.9 Å². The Balaban J connectivity index is 2.30. The smallest absolute Gasteiger partial charge is 0.303 e. The highest BCUT2D eigenvalue weighted by Gasteiger charge is 2.59. The van der Waals surface area contributed by atoms with Crippen LogP contribution in [0.2, 0.25) is 0 Å². The van der Waals surface area contributed by atoms with Gasteiger partial charge in [-0.1, -0.05) is 15.9 Å². The minimum Gasteiger partial charge on any atom is -0.455 e. The lowest BCUT2D eigenvalue weighted by Gasteiger charge is -2.38. The van der Waals surface area contributed by atoms with E-state index >= 15 is 0 Å². The molecule has 0 aromatic carbocycles. The third-order valence-electron chi connectivity index (χ3n) is 2.96. The van der Waals surface area contributed by atoms with Gasteiger partial charge in [0.05, 0.1) is 0 Å². The van der Waals surface area contributed by atoms with Crippen molar-refractivity contribution in [1.82, 2.24) is 0 Å². The van der Waals surface area contributed by atoms with E-state index in [0.29, 0.717) is 0 Å². The van der Waals surface area contributed by atoms with Crippen LogP contribution in [0.25, 0.3) is 0 Å². The zero-order valence-corrected chi connectivity index (χ0v) is 13.2. The van der Waals surface area contributed by atoms with Crippen LogP contribution in [0.15, 0.2) is 0 Å². The van der Waals surface area contributed by atoms with Gasteiger partial charge in [-0.2, -0.15) is 0 Å². The van der Waals surface area contributed by atoms with Crippen molar-refractivity contribution < 1.29 is 38.1 Å². The molecule has 0 spiro atoms. The maximum atomic E-state index is 11.3. The number of rotatable bonds is 3. The highest BCUT2D eigenvalue weighted by Crippen LogP contribution is 2.39. The van der Waals surface area contributed by atoms with Gasteiger partial charge in [-0.25, -0.2) is 0 Å². The SMILES string of the molecule is CC(=O)O[C@H]1[C@H](OC(C)=O)[C@@H]2O[C@@H](O[C@H]2Br)[C@@H]1OC(C)=O. The molecule has 0 saturated carbocycles. The van der Waals surface area contributed by atoms with Gasteiger partial charge >= 0.3 is 17.9 Å². The number of alkyl halides is 1. The molecule has 2 rings (SSSR count). The summed E-state index contributed by atoms with van der Waals surface area (Å²) in [7, 11) is 0. The van der Waals surface area contributed by atoms with Crippen molar-refractivity contribution in [3.8, 4) is 0 Å². The number of fused-ring (bicyclic) bond motifs is 2. The van der Waals surface area contributed by atoms with Crippen molar-refractivity contribution in [2.75, 3.05) is 0 Å². The Kier molecular flexibility index (Phi) is 4.84. The molecule has 2 aliphatic rings. The van der Waals surface area contributed by atoms with Crippen molar-refractivity contribution in [1.29, 1.82) is 0 Å².